The van der Waals surface area contributed by atoms with Crippen molar-refractivity contribution in [3.8, 4) is 0 Å². The highest BCUT2D eigenvalue weighted by Crippen LogP contribution is 2.55. The minimum atomic E-state index is -0.347. The Morgan fingerprint density at radius 1 is 1.38 bits per heavy atom. The van der Waals surface area contributed by atoms with Crippen molar-refractivity contribution in [1.29, 1.82) is 0 Å². The van der Waals surface area contributed by atoms with Crippen LogP contribution in [0.1, 0.15) is 24.8 Å². The first-order chi connectivity index (χ1) is 7.64. The Hall–Kier alpha value is -1.35. The van der Waals surface area contributed by atoms with Crippen molar-refractivity contribution in [2.24, 2.45) is 5.73 Å². The maximum Gasteiger partial charge on any atom is 0.243 e. The van der Waals surface area contributed by atoms with Crippen molar-refractivity contribution in [2.75, 3.05) is 11.9 Å². The molecule has 3 heteroatoms. The standard InChI is InChI=1S/C13H16N2O/c1-15-11-5-3-2-4-9(11)13(6-7-13)8-10(14)12(15)16/h2-5,10H,6-8,14H2,1H3. The molecule has 2 aliphatic rings. The van der Waals surface area contributed by atoms with Gasteiger partial charge in [-0.05, 0) is 36.3 Å². The predicted molar refractivity (Wildman–Crippen MR) is 63.4 cm³/mol. The van der Waals surface area contributed by atoms with Gasteiger partial charge in [-0.2, -0.15) is 0 Å². The molecule has 0 aromatic heterocycles. The quantitative estimate of drug-likeness (QED) is 0.712. The highest BCUT2D eigenvalue weighted by molar-refractivity contribution is 5.98. The van der Waals surface area contributed by atoms with E-state index < -0.39 is 0 Å². The molecule has 0 bridgehead atoms. The third kappa shape index (κ3) is 1.21. The van der Waals surface area contributed by atoms with Gasteiger partial charge in [-0.15, -0.1) is 0 Å². The molecule has 1 unspecified atom stereocenters. The van der Waals surface area contributed by atoms with E-state index in [2.05, 4.69) is 6.07 Å². The van der Waals surface area contributed by atoms with E-state index in [4.69, 9.17) is 5.73 Å². The number of para-hydroxylation sites is 1. The number of carbonyl (C=O) groups is 1. The van der Waals surface area contributed by atoms with Crippen LogP contribution in [-0.4, -0.2) is 19.0 Å². The Morgan fingerprint density at radius 2 is 2.06 bits per heavy atom. The topological polar surface area (TPSA) is 46.3 Å². The van der Waals surface area contributed by atoms with Gasteiger partial charge in [-0.25, -0.2) is 0 Å². The van der Waals surface area contributed by atoms with E-state index in [9.17, 15) is 4.79 Å². The minimum Gasteiger partial charge on any atom is -0.320 e. The number of nitrogens with two attached hydrogens (primary N) is 1. The van der Waals surface area contributed by atoms with Crippen LogP contribution in [0.2, 0.25) is 0 Å². The molecule has 1 atom stereocenters. The van der Waals surface area contributed by atoms with Crippen molar-refractivity contribution < 1.29 is 4.79 Å². The maximum atomic E-state index is 12.0. The van der Waals surface area contributed by atoms with E-state index >= 15 is 0 Å². The summed E-state index contributed by atoms with van der Waals surface area (Å²) in [7, 11) is 1.82. The molecular formula is C13H16N2O. The van der Waals surface area contributed by atoms with Crippen molar-refractivity contribution in [1.82, 2.24) is 0 Å². The van der Waals surface area contributed by atoms with Crippen LogP contribution in [0.25, 0.3) is 0 Å². The third-order valence-electron chi connectivity index (χ3n) is 3.95. The highest BCUT2D eigenvalue weighted by Gasteiger charge is 2.50. The van der Waals surface area contributed by atoms with Crippen LogP contribution in [0.5, 0.6) is 0 Å². The van der Waals surface area contributed by atoms with Crippen LogP contribution in [0.3, 0.4) is 0 Å². The molecule has 1 amide bonds. The first-order valence-corrected chi connectivity index (χ1v) is 5.77. The van der Waals surface area contributed by atoms with Gasteiger partial charge in [0.1, 0.15) is 0 Å². The van der Waals surface area contributed by atoms with E-state index in [0.717, 1.165) is 12.1 Å². The number of anilines is 1. The zero-order valence-corrected chi connectivity index (χ0v) is 9.44. The summed E-state index contributed by atoms with van der Waals surface area (Å²) in [5.41, 5.74) is 8.51. The molecule has 16 heavy (non-hydrogen) atoms. The SMILES string of the molecule is CN1C(=O)C(N)CC2(CC2)c2ccccc21. The van der Waals surface area contributed by atoms with E-state index in [1.165, 1.54) is 18.4 Å². The van der Waals surface area contributed by atoms with Crippen LogP contribution in [0.15, 0.2) is 24.3 Å². The molecule has 1 aliphatic carbocycles. The van der Waals surface area contributed by atoms with Crippen LogP contribution >= 0.6 is 0 Å². The van der Waals surface area contributed by atoms with Gasteiger partial charge in [0.05, 0.1) is 6.04 Å². The average molecular weight is 216 g/mol. The number of hydrogen-bond donors (Lipinski definition) is 1. The van der Waals surface area contributed by atoms with Crippen molar-refractivity contribution >= 4 is 11.6 Å². The van der Waals surface area contributed by atoms with Gasteiger partial charge in [0, 0.05) is 12.7 Å². The lowest BCUT2D eigenvalue weighted by molar-refractivity contribution is -0.119. The molecular weight excluding hydrogens is 200 g/mol. The van der Waals surface area contributed by atoms with Gasteiger partial charge < -0.3 is 10.6 Å². The second kappa shape index (κ2) is 3.08. The normalized spacial score (nSPS) is 26.5. The van der Waals surface area contributed by atoms with Gasteiger partial charge in [-0.3, -0.25) is 4.79 Å². The number of nitrogens with zero attached hydrogens (tertiary/aromatic N) is 1. The number of amides is 1. The number of benzene rings is 1. The number of likely N-dealkylation sites (N-methyl/N-ethyl adjacent to an activating group) is 1. The lowest BCUT2D eigenvalue weighted by Crippen LogP contribution is -2.41. The zero-order valence-electron chi connectivity index (χ0n) is 9.44. The van der Waals surface area contributed by atoms with Gasteiger partial charge in [0.25, 0.3) is 0 Å². The molecule has 1 spiro atoms. The molecule has 0 saturated heterocycles. The predicted octanol–water partition coefficient (Wildman–Crippen LogP) is 1.41. The molecule has 0 radical (unpaired) electrons. The maximum absolute atomic E-state index is 12.0. The summed E-state index contributed by atoms with van der Waals surface area (Å²) in [5, 5.41) is 0. The fourth-order valence-corrected chi connectivity index (χ4v) is 2.82. The van der Waals surface area contributed by atoms with E-state index in [0.29, 0.717) is 0 Å². The monoisotopic (exact) mass is 216 g/mol. The largest absolute Gasteiger partial charge is 0.320 e. The van der Waals surface area contributed by atoms with Crippen LogP contribution < -0.4 is 10.6 Å². The van der Waals surface area contributed by atoms with Crippen LogP contribution in [-0.2, 0) is 10.2 Å². The Balaban J connectivity index is 2.17. The molecule has 1 aliphatic heterocycles. The van der Waals surface area contributed by atoms with E-state index in [1.54, 1.807) is 4.90 Å². The van der Waals surface area contributed by atoms with Crippen molar-refractivity contribution in [3.63, 3.8) is 0 Å². The first kappa shape index (κ1) is 9.85. The highest BCUT2D eigenvalue weighted by atomic mass is 16.2. The summed E-state index contributed by atoms with van der Waals surface area (Å²) in [6.07, 6.45) is 3.13. The lowest BCUT2D eigenvalue weighted by atomic mass is 9.89. The van der Waals surface area contributed by atoms with Crippen LogP contribution in [0.4, 0.5) is 5.69 Å². The van der Waals surface area contributed by atoms with Crippen LogP contribution in [0, 0.1) is 0 Å². The fourth-order valence-electron chi connectivity index (χ4n) is 2.82. The Bertz CT molecular complexity index is 451. The smallest absolute Gasteiger partial charge is 0.243 e. The molecule has 1 heterocycles. The summed E-state index contributed by atoms with van der Waals surface area (Å²) < 4.78 is 0. The fraction of sp³-hybridized carbons (Fsp3) is 0.462. The number of hydrogen-bond acceptors (Lipinski definition) is 2. The second-order valence-electron chi connectivity index (χ2n) is 5.01. The van der Waals surface area contributed by atoms with Gasteiger partial charge in [-0.1, -0.05) is 18.2 Å². The summed E-state index contributed by atoms with van der Waals surface area (Å²) in [6.45, 7) is 0. The minimum absolute atomic E-state index is 0.0382. The Morgan fingerprint density at radius 3 is 2.75 bits per heavy atom. The molecule has 1 aromatic carbocycles. The lowest BCUT2D eigenvalue weighted by Gasteiger charge is -2.19. The summed E-state index contributed by atoms with van der Waals surface area (Å²) >= 11 is 0. The third-order valence-corrected chi connectivity index (χ3v) is 3.95. The number of carbonyl (C=O) groups excluding carboxylic acids is 1. The second-order valence-corrected chi connectivity index (χ2v) is 5.01. The molecule has 2 N–H and O–H groups in total. The van der Waals surface area contributed by atoms with E-state index in [1.807, 2.05) is 25.2 Å². The number of fused-ring (bicyclic) bond motifs is 2. The van der Waals surface area contributed by atoms with E-state index in [-0.39, 0.29) is 17.4 Å². The Labute approximate surface area is 95.2 Å². The van der Waals surface area contributed by atoms with Gasteiger partial charge in [0.2, 0.25) is 5.91 Å². The molecule has 1 fully saturated rings. The average Bonchev–Trinajstić information content (AvgIpc) is 3.07. The van der Waals surface area contributed by atoms with Gasteiger partial charge >= 0.3 is 0 Å². The first-order valence-electron chi connectivity index (χ1n) is 5.77. The van der Waals surface area contributed by atoms with Gasteiger partial charge in [0.15, 0.2) is 0 Å². The summed E-state index contributed by atoms with van der Waals surface area (Å²) in [4.78, 5) is 13.7. The molecule has 1 aromatic rings. The van der Waals surface area contributed by atoms with Crippen molar-refractivity contribution in [3.05, 3.63) is 29.8 Å². The number of rotatable bonds is 0. The summed E-state index contributed by atoms with van der Waals surface area (Å²) in [5.74, 6) is 0.0382. The van der Waals surface area contributed by atoms with Crippen molar-refractivity contribution in [2.45, 2.75) is 30.7 Å². The molecule has 3 nitrogen and oxygen atoms in total. The molecule has 1 saturated carbocycles. The molecule has 3 rings (SSSR count). The molecule has 84 valence electrons. The zero-order chi connectivity index (χ0) is 11.3. The Kier molecular flexibility index (Phi) is 1.89. The summed E-state index contributed by atoms with van der Waals surface area (Å²) in [6, 6.07) is 7.85.